The van der Waals surface area contributed by atoms with Crippen molar-refractivity contribution in [3.8, 4) is 0 Å². The Hall–Kier alpha value is -0.870. The molecule has 0 amide bonds. The minimum atomic E-state index is 0. The van der Waals surface area contributed by atoms with Crippen LogP contribution in [0.4, 0.5) is 0 Å². The van der Waals surface area contributed by atoms with Crippen LogP contribution in [0.2, 0.25) is 0 Å². The van der Waals surface area contributed by atoms with Gasteiger partial charge in [-0.1, -0.05) is 0 Å². The van der Waals surface area contributed by atoms with Crippen LogP contribution in [0.15, 0.2) is 9.41 Å². The first-order valence-electron chi connectivity index (χ1n) is 8.19. The van der Waals surface area contributed by atoms with Crippen LogP contribution in [0.25, 0.3) is 0 Å². The standard InChI is InChI=1S/C16H31N5O2.HI/c1-6-17-16(18-8-10-21(4)9-7-11-22-5)19-12-15-20-13(2)14(3)23-15;/h6-12H2,1-5H3,(H2,17,18,19);1H. The first-order chi connectivity index (χ1) is 11.1. The predicted molar refractivity (Wildman–Crippen MR) is 108 cm³/mol. The Morgan fingerprint density at radius 3 is 2.62 bits per heavy atom. The lowest BCUT2D eigenvalue weighted by Gasteiger charge is -2.18. The van der Waals surface area contributed by atoms with Crippen LogP contribution < -0.4 is 10.6 Å². The van der Waals surface area contributed by atoms with Gasteiger partial charge < -0.3 is 24.7 Å². The third-order valence-corrected chi connectivity index (χ3v) is 3.46. The van der Waals surface area contributed by atoms with Crippen molar-refractivity contribution in [1.29, 1.82) is 0 Å². The van der Waals surface area contributed by atoms with E-state index in [2.05, 4.69) is 32.6 Å². The van der Waals surface area contributed by atoms with Crippen molar-refractivity contribution < 1.29 is 9.15 Å². The Labute approximate surface area is 162 Å². The molecule has 2 N–H and O–H groups in total. The minimum Gasteiger partial charge on any atom is -0.444 e. The topological polar surface area (TPSA) is 74.9 Å². The molecule has 24 heavy (non-hydrogen) atoms. The second-order valence-corrected chi connectivity index (χ2v) is 5.52. The highest BCUT2D eigenvalue weighted by atomic mass is 127. The van der Waals surface area contributed by atoms with E-state index < -0.39 is 0 Å². The molecule has 0 aliphatic rings. The van der Waals surface area contributed by atoms with Crippen molar-refractivity contribution >= 4 is 29.9 Å². The van der Waals surface area contributed by atoms with Crippen molar-refractivity contribution in [2.75, 3.05) is 46.9 Å². The first-order valence-corrected chi connectivity index (χ1v) is 8.19. The summed E-state index contributed by atoms with van der Waals surface area (Å²) in [4.78, 5) is 11.1. The molecule has 1 heterocycles. The molecule has 0 saturated carbocycles. The number of halogens is 1. The number of oxazole rings is 1. The summed E-state index contributed by atoms with van der Waals surface area (Å²) in [6.45, 7) is 10.8. The molecule has 1 aromatic heterocycles. The molecule has 0 unspecified atom stereocenters. The van der Waals surface area contributed by atoms with E-state index >= 15 is 0 Å². The van der Waals surface area contributed by atoms with Gasteiger partial charge in [0.15, 0.2) is 5.96 Å². The molecule has 0 aromatic carbocycles. The Morgan fingerprint density at radius 2 is 2.04 bits per heavy atom. The highest BCUT2D eigenvalue weighted by Gasteiger charge is 2.05. The zero-order valence-corrected chi connectivity index (χ0v) is 17.8. The predicted octanol–water partition coefficient (Wildman–Crippen LogP) is 1.93. The third-order valence-electron chi connectivity index (χ3n) is 3.46. The molecule has 140 valence electrons. The van der Waals surface area contributed by atoms with E-state index in [1.54, 1.807) is 7.11 Å². The Kier molecular flexibility index (Phi) is 12.9. The van der Waals surface area contributed by atoms with Gasteiger partial charge in [-0.3, -0.25) is 0 Å². The zero-order chi connectivity index (χ0) is 17.1. The fourth-order valence-corrected chi connectivity index (χ4v) is 2.05. The van der Waals surface area contributed by atoms with Gasteiger partial charge in [0.25, 0.3) is 0 Å². The molecule has 7 nitrogen and oxygen atoms in total. The highest BCUT2D eigenvalue weighted by molar-refractivity contribution is 14.0. The van der Waals surface area contributed by atoms with E-state index in [0.29, 0.717) is 12.4 Å². The van der Waals surface area contributed by atoms with Crippen molar-refractivity contribution in [1.82, 2.24) is 20.5 Å². The number of hydrogen-bond donors (Lipinski definition) is 2. The summed E-state index contributed by atoms with van der Waals surface area (Å²) in [5, 5.41) is 6.56. The molecule has 8 heteroatoms. The van der Waals surface area contributed by atoms with Crippen molar-refractivity contribution in [3.63, 3.8) is 0 Å². The normalized spacial score (nSPS) is 11.5. The summed E-state index contributed by atoms with van der Waals surface area (Å²) in [5.74, 6) is 2.28. The van der Waals surface area contributed by atoms with Gasteiger partial charge in [0, 0.05) is 39.9 Å². The van der Waals surface area contributed by atoms with Gasteiger partial charge in [0.1, 0.15) is 12.3 Å². The van der Waals surface area contributed by atoms with Crippen molar-refractivity contribution in [3.05, 3.63) is 17.3 Å². The first kappa shape index (κ1) is 23.1. The summed E-state index contributed by atoms with van der Waals surface area (Å²) in [7, 11) is 3.84. The summed E-state index contributed by atoms with van der Waals surface area (Å²) in [6, 6.07) is 0. The van der Waals surface area contributed by atoms with E-state index in [1.807, 2.05) is 20.8 Å². The SMILES string of the molecule is CCNC(=NCc1nc(C)c(C)o1)NCCN(C)CCCOC.I. The number of aromatic nitrogens is 1. The van der Waals surface area contributed by atoms with Crippen molar-refractivity contribution in [2.24, 2.45) is 4.99 Å². The largest absolute Gasteiger partial charge is 0.444 e. The number of nitrogens with zero attached hydrogens (tertiary/aromatic N) is 3. The Morgan fingerprint density at radius 1 is 1.29 bits per heavy atom. The quantitative estimate of drug-likeness (QED) is 0.244. The lowest BCUT2D eigenvalue weighted by Crippen LogP contribution is -2.41. The van der Waals surface area contributed by atoms with Crippen LogP contribution in [0.3, 0.4) is 0 Å². The fourth-order valence-electron chi connectivity index (χ4n) is 2.05. The van der Waals surface area contributed by atoms with E-state index in [1.165, 1.54) is 0 Å². The maximum Gasteiger partial charge on any atom is 0.216 e. The number of aryl methyl sites for hydroxylation is 2. The Balaban J connectivity index is 0.00000529. The van der Waals surface area contributed by atoms with Gasteiger partial charge >= 0.3 is 0 Å². The molecule has 1 rings (SSSR count). The van der Waals surface area contributed by atoms with Crippen LogP contribution in [0, 0.1) is 13.8 Å². The number of aliphatic imine (C=N–C) groups is 1. The van der Waals surface area contributed by atoms with E-state index in [9.17, 15) is 0 Å². The summed E-state index contributed by atoms with van der Waals surface area (Å²) < 4.78 is 10.6. The maximum absolute atomic E-state index is 5.55. The number of ether oxygens (including phenoxy) is 1. The third kappa shape index (κ3) is 9.43. The van der Waals surface area contributed by atoms with Gasteiger partial charge in [0.2, 0.25) is 5.89 Å². The molecule has 0 bridgehead atoms. The van der Waals surface area contributed by atoms with Gasteiger partial charge in [-0.15, -0.1) is 24.0 Å². The Bertz CT molecular complexity index is 460. The van der Waals surface area contributed by atoms with Crippen molar-refractivity contribution in [2.45, 2.75) is 33.7 Å². The van der Waals surface area contributed by atoms with Crippen LogP contribution in [-0.2, 0) is 11.3 Å². The molecule has 0 fully saturated rings. The molecule has 0 spiro atoms. The van der Waals surface area contributed by atoms with E-state index in [4.69, 9.17) is 9.15 Å². The monoisotopic (exact) mass is 453 g/mol. The lowest BCUT2D eigenvalue weighted by molar-refractivity contribution is 0.180. The second-order valence-electron chi connectivity index (χ2n) is 5.52. The van der Waals surface area contributed by atoms with E-state index in [0.717, 1.165) is 56.6 Å². The molecule has 1 aromatic rings. The minimum absolute atomic E-state index is 0. The van der Waals surface area contributed by atoms with Gasteiger partial charge in [-0.05, 0) is 34.2 Å². The molecular weight excluding hydrogens is 421 g/mol. The number of rotatable bonds is 10. The summed E-state index contributed by atoms with van der Waals surface area (Å²) >= 11 is 0. The number of nitrogens with one attached hydrogen (secondary N) is 2. The molecular formula is C16H32IN5O2. The summed E-state index contributed by atoms with van der Waals surface area (Å²) in [6.07, 6.45) is 1.05. The molecule has 0 aliphatic carbocycles. The zero-order valence-electron chi connectivity index (χ0n) is 15.5. The van der Waals surface area contributed by atoms with Gasteiger partial charge in [-0.2, -0.15) is 0 Å². The number of hydrogen-bond acceptors (Lipinski definition) is 5. The lowest BCUT2D eigenvalue weighted by atomic mass is 10.4. The maximum atomic E-state index is 5.55. The average molecular weight is 453 g/mol. The van der Waals surface area contributed by atoms with Crippen LogP contribution >= 0.6 is 24.0 Å². The van der Waals surface area contributed by atoms with E-state index in [-0.39, 0.29) is 24.0 Å². The van der Waals surface area contributed by atoms with Gasteiger partial charge in [0.05, 0.1) is 5.69 Å². The van der Waals surface area contributed by atoms with Crippen LogP contribution in [0.5, 0.6) is 0 Å². The molecule has 0 radical (unpaired) electrons. The molecule has 0 saturated heterocycles. The second kappa shape index (κ2) is 13.4. The highest BCUT2D eigenvalue weighted by Crippen LogP contribution is 2.08. The van der Waals surface area contributed by atoms with Crippen LogP contribution in [-0.4, -0.2) is 62.8 Å². The number of likely N-dealkylation sites (N-methyl/N-ethyl adjacent to an activating group) is 1. The smallest absolute Gasteiger partial charge is 0.216 e. The number of methoxy groups -OCH3 is 1. The summed E-state index contributed by atoms with van der Waals surface area (Å²) in [5.41, 5.74) is 0.922. The van der Waals surface area contributed by atoms with Crippen LogP contribution in [0.1, 0.15) is 30.7 Å². The fraction of sp³-hybridized carbons (Fsp3) is 0.750. The number of guanidine groups is 1. The van der Waals surface area contributed by atoms with Gasteiger partial charge in [-0.25, -0.2) is 9.98 Å². The average Bonchev–Trinajstić information content (AvgIpc) is 2.83. The molecule has 0 atom stereocenters. The molecule has 0 aliphatic heterocycles.